The Morgan fingerprint density at radius 2 is 2.38 bits per heavy atom. The van der Waals surface area contributed by atoms with Gasteiger partial charge >= 0.3 is 5.97 Å². The fraction of sp³-hybridized carbons (Fsp3) is 0.500. The third-order valence-electron chi connectivity index (χ3n) is 2.70. The molecule has 0 aromatic rings. The van der Waals surface area contributed by atoms with E-state index in [4.69, 9.17) is 5.11 Å². The predicted octanol–water partition coefficient (Wildman–Crippen LogP) is 1.79. The standard InChI is InChI=1S/C12H17NO3/c1-3-5-10(12(15)16)8-9-6-7-13(4-2)11(9)14/h4,8-9H,2-3,5-7H2,1H3,(H,15,16). The summed E-state index contributed by atoms with van der Waals surface area (Å²) >= 11 is 0. The molecule has 1 aliphatic rings. The number of likely N-dealkylation sites (tertiary alicyclic amines) is 1. The molecule has 1 rings (SSSR count). The molecule has 0 radical (unpaired) electrons. The Morgan fingerprint density at radius 3 is 2.81 bits per heavy atom. The van der Waals surface area contributed by atoms with Crippen molar-refractivity contribution >= 4 is 11.9 Å². The maximum atomic E-state index is 11.7. The molecule has 0 saturated carbocycles. The van der Waals surface area contributed by atoms with Crippen molar-refractivity contribution in [3.05, 3.63) is 24.4 Å². The molecule has 0 bridgehead atoms. The summed E-state index contributed by atoms with van der Waals surface area (Å²) in [5, 5.41) is 8.96. The molecule has 1 unspecified atom stereocenters. The maximum Gasteiger partial charge on any atom is 0.331 e. The molecular formula is C12H17NO3. The molecule has 4 nitrogen and oxygen atoms in total. The van der Waals surface area contributed by atoms with Crippen LogP contribution in [0.4, 0.5) is 0 Å². The highest BCUT2D eigenvalue weighted by Gasteiger charge is 2.29. The molecule has 0 spiro atoms. The third-order valence-corrected chi connectivity index (χ3v) is 2.70. The summed E-state index contributed by atoms with van der Waals surface area (Å²) < 4.78 is 0. The molecule has 1 saturated heterocycles. The Labute approximate surface area is 95.2 Å². The fourth-order valence-corrected chi connectivity index (χ4v) is 1.83. The second kappa shape index (κ2) is 5.49. The molecule has 1 heterocycles. The van der Waals surface area contributed by atoms with Crippen LogP contribution >= 0.6 is 0 Å². The van der Waals surface area contributed by atoms with E-state index in [2.05, 4.69) is 6.58 Å². The van der Waals surface area contributed by atoms with Crippen molar-refractivity contribution in [1.82, 2.24) is 4.90 Å². The highest BCUT2D eigenvalue weighted by atomic mass is 16.4. The number of nitrogens with zero attached hydrogens (tertiary/aromatic N) is 1. The molecule has 0 aromatic heterocycles. The average Bonchev–Trinajstić information content (AvgIpc) is 2.59. The molecule has 0 aliphatic carbocycles. The van der Waals surface area contributed by atoms with Crippen molar-refractivity contribution in [3.8, 4) is 0 Å². The molecule has 1 N–H and O–H groups in total. The minimum absolute atomic E-state index is 0.0511. The molecule has 4 heteroatoms. The Balaban J connectivity index is 2.78. The fourth-order valence-electron chi connectivity index (χ4n) is 1.83. The smallest absolute Gasteiger partial charge is 0.331 e. The topological polar surface area (TPSA) is 57.6 Å². The maximum absolute atomic E-state index is 11.7. The van der Waals surface area contributed by atoms with Crippen LogP contribution in [0.15, 0.2) is 24.4 Å². The van der Waals surface area contributed by atoms with Gasteiger partial charge in [-0.1, -0.05) is 26.0 Å². The lowest BCUT2D eigenvalue weighted by atomic mass is 10.0. The van der Waals surface area contributed by atoms with Crippen molar-refractivity contribution < 1.29 is 14.7 Å². The van der Waals surface area contributed by atoms with Gasteiger partial charge in [0, 0.05) is 12.1 Å². The van der Waals surface area contributed by atoms with E-state index >= 15 is 0 Å². The first-order chi connectivity index (χ1) is 7.60. The Hall–Kier alpha value is -1.58. The highest BCUT2D eigenvalue weighted by molar-refractivity contribution is 5.89. The lowest BCUT2D eigenvalue weighted by Gasteiger charge is -2.09. The van der Waals surface area contributed by atoms with E-state index in [0.29, 0.717) is 25.0 Å². The number of hydrogen-bond acceptors (Lipinski definition) is 2. The van der Waals surface area contributed by atoms with Crippen LogP contribution in [0.5, 0.6) is 0 Å². The monoisotopic (exact) mass is 223 g/mol. The van der Waals surface area contributed by atoms with Crippen molar-refractivity contribution in [1.29, 1.82) is 0 Å². The lowest BCUT2D eigenvalue weighted by Crippen LogP contribution is -2.21. The number of amides is 1. The largest absolute Gasteiger partial charge is 0.478 e. The van der Waals surface area contributed by atoms with E-state index in [0.717, 1.165) is 6.42 Å². The van der Waals surface area contributed by atoms with Gasteiger partial charge in [-0.2, -0.15) is 0 Å². The van der Waals surface area contributed by atoms with Crippen LogP contribution in [0.3, 0.4) is 0 Å². The van der Waals surface area contributed by atoms with Crippen LogP contribution in [0.25, 0.3) is 0 Å². The van der Waals surface area contributed by atoms with Gasteiger partial charge < -0.3 is 10.0 Å². The van der Waals surface area contributed by atoms with Crippen molar-refractivity contribution in [2.45, 2.75) is 26.2 Å². The summed E-state index contributed by atoms with van der Waals surface area (Å²) in [6, 6.07) is 0. The second-order valence-electron chi connectivity index (χ2n) is 3.86. The molecule has 1 fully saturated rings. The van der Waals surface area contributed by atoms with Gasteiger partial charge in [0.1, 0.15) is 0 Å². The number of carboxylic acids is 1. The van der Waals surface area contributed by atoms with Crippen LogP contribution < -0.4 is 0 Å². The Bertz CT molecular complexity index is 333. The average molecular weight is 223 g/mol. The third kappa shape index (κ3) is 2.72. The van der Waals surface area contributed by atoms with E-state index in [1.165, 1.54) is 11.1 Å². The molecule has 88 valence electrons. The first-order valence-electron chi connectivity index (χ1n) is 5.47. The molecule has 1 atom stereocenters. The quantitative estimate of drug-likeness (QED) is 0.723. The first-order valence-corrected chi connectivity index (χ1v) is 5.47. The zero-order valence-electron chi connectivity index (χ0n) is 9.48. The molecule has 1 amide bonds. The van der Waals surface area contributed by atoms with Crippen LogP contribution in [0.2, 0.25) is 0 Å². The van der Waals surface area contributed by atoms with Gasteiger partial charge in [-0.3, -0.25) is 4.79 Å². The number of hydrogen-bond donors (Lipinski definition) is 1. The van der Waals surface area contributed by atoms with Gasteiger partial charge in [-0.05, 0) is 19.0 Å². The Kier molecular flexibility index (Phi) is 4.28. The molecule has 1 aliphatic heterocycles. The Morgan fingerprint density at radius 1 is 1.69 bits per heavy atom. The van der Waals surface area contributed by atoms with Crippen LogP contribution in [-0.4, -0.2) is 28.4 Å². The first kappa shape index (κ1) is 12.5. The SMILES string of the molecule is C=CN1CCC(C=C(CCC)C(=O)O)C1=O. The lowest BCUT2D eigenvalue weighted by molar-refractivity contribution is -0.132. The van der Waals surface area contributed by atoms with E-state index < -0.39 is 5.97 Å². The summed E-state index contributed by atoms with van der Waals surface area (Å²) in [6.07, 6.45) is 5.04. The zero-order chi connectivity index (χ0) is 12.1. The number of carbonyl (C=O) groups is 2. The van der Waals surface area contributed by atoms with Crippen molar-refractivity contribution in [2.75, 3.05) is 6.54 Å². The predicted molar refractivity (Wildman–Crippen MR) is 60.6 cm³/mol. The van der Waals surface area contributed by atoms with E-state index in [1.807, 2.05) is 6.92 Å². The van der Waals surface area contributed by atoms with Gasteiger partial charge in [-0.25, -0.2) is 4.79 Å². The van der Waals surface area contributed by atoms with Crippen LogP contribution in [0.1, 0.15) is 26.2 Å². The van der Waals surface area contributed by atoms with Gasteiger partial charge in [0.15, 0.2) is 0 Å². The zero-order valence-corrected chi connectivity index (χ0v) is 9.48. The van der Waals surface area contributed by atoms with Gasteiger partial charge in [0.25, 0.3) is 0 Å². The number of rotatable bonds is 5. The summed E-state index contributed by atoms with van der Waals surface area (Å²) in [7, 11) is 0. The molecular weight excluding hydrogens is 206 g/mol. The molecule has 0 aromatic carbocycles. The van der Waals surface area contributed by atoms with Crippen LogP contribution in [0, 0.1) is 5.92 Å². The minimum atomic E-state index is -0.924. The van der Waals surface area contributed by atoms with Crippen LogP contribution in [-0.2, 0) is 9.59 Å². The number of carbonyl (C=O) groups excluding carboxylic acids is 1. The van der Waals surface area contributed by atoms with Gasteiger partial charge in [-0.15, -0.1) is 0 Å². The normalized spacial score (nSPS) is 21.3. The van der Waals surface area contributed by atoms with Crippen molar-refractivity contribution in [2.24, 2.45) is 5.92 Å². The van der Waals surface area contributed by atoms with Crippen molar-refractivity contribution in [3.63, 3.8) is 0 Å². The second-order valence-corrected chi connectivity index (χ2v) is 3.86. The number of aliphatic carboxylic acids is 1. The minimum Gasteiger partial charge on any atom is -0.478 e. The van der Waals surface area contributed by atoms with E-state index in [1.54, 1.807) is 6.08 Å². The van der Waals surface area contributed by atoms with Gasteiger partial charge in [0.05, 0.1) is 5.92 Å². The van der Waals surface area contributed by atoms with E-state index in [-0.39, 0.29) is 11.8 Å². The van der Waals surface area contributed by atoms with Gasteiger partial charge in [0.2, 0.25) is 5.91 Å². The number of carboxylic acid groups (broad SMARTS) is 1. The summed E-state index contributed by atoms with van der Waals surface area (Å²) in [4.78, 5) is 24.2. The summed E-state index contributed by atoms with van der Waals surface area (Å²) in [5.74, 6) is -1.27. The highest BCUT2D eigenvalue weighted by Crippen LogP contribution is 2.22. The summed E-state index contributed by atoms with van der Waals surface area (Å²) in [5.41, 5.74) is 0.340. The van der Waals surface area contributed by atoms with E-state index in [9.17, 15) is 9.59 Å². The molecule has 16 heavy (non-hydrogen) atoms. The summed E-state index contributed by atoms with van der Waals surface area (Å²) in [6.45, 7) is 6.09.